The molecule has 3 aromatic rings. The van der Waals surface area contributed by atoms with Crippen LogP contribution in [0.3, 0.4) is 0 Å². The van der Waals surface area contributed by atoms with Gasteiger partial charge in [0.25, 0.3) is 0 Å². The van der Waals surface area contributed by atoms with E-state index in [2.05, 4.69) is 26.2 Å². The Morgan fingerprint density at radius 1 is 1.06 bits per heavy atom. The molecule has 0 unspecified atom stereocenters. The molecular formula is C22H21N7O2. The highest BCUT2D eigenvalue weighted by atomic mass is 16.5. The topological polar surface area (TPSA) is 113 Å². The Kier molecular flexibility index (Phi) is 5.67. The van der Waals surface area contributed by atoms with Crippen molar-refractivity contribution >= 4 is 5.95 Å². The number of piperidine rings is 1. The molecule has 1 aromatic carbocycles. The second-order valence-corrected chi connectivity index (χ2v) is 7.15. The summed E-state index contributed by atoms with van der Waals surface area (Å²) in [4.78, 5) is 6.45. The first kappa shape index (κ1) is 20.2. The smallest absolute Gasteiger partial charge is 0.231 e. The number of aryl methyl sites for hydroxylation is 1. The summed E-state index contributed by atoms with van der Waals surface area (Å²) < 4.78 is 13.2. The van der Waals surface area contributed by atoms with Crippen molar-refractivity contribution in [3.8, 4) is 29.5 Å². The number of methoxy groups -OCH3 is 1. The van der Waals surface area contributed by atoms with Crippen molar-refractivity contribution in [2.24, 2.45) is 0 Å². The van der Waals surface area contributed by atoms with Crippen molar-refractivity contribution < 1.29 is 9.47 Å². The molecular weight excluding hydrogens is 394 g/mol. The van der Waals surface area contributed by atoms with Crippen LogP contribution in [0.2, 0.25) is 0 Å². The minimum atomic E-state index is -0.0441. The number of rotatable bonds is 5. The third-order valence-corrected chi connectivity index (χ3v) is 5.27. The number of pyridine rings is 1. The maximum atomic E-state index is 9.40. The van der Waals surface area contributed by atoms with Crippen LogP contribution in [0.5, 0.6) is 11.6 Å². The minimum Gasteiger partial charge on any atom is -0.489 e. The summed E-state index contributed by atoms with van der Waals surface area (Å²) in [5.41, 5.74) is 1.48. The number of nitrogens with zero attached hydrogens (tertiary/aromatic N) is 7. The number of hydrogen-bond acceptors (Lipinski definition) is 8. The molecule has 1 aliphatic rings. The van der Waals surface area contributed by atoms with Crippen molar-refractivity contribution in [3.05, 3.63) is 53.5 Å². The number of ether oxygens (including phenoxy) is 2. The molecule has 31 heavy (non-hydrogen) atoms. The van der Waals surface area contributed by atoms with Crippen molar-refractivity contribution in [3.63, 3.8) is 0 Å². The Labute approximate surface area is 180 Å². The molecule has 0 saturated carbocycles. The second-order valence-electron chi connectivity index (χ2n) is 7.15. The number of hydrogen-bond donors (Lipinski definition) is 0. The van der Waals surface area contributed by atoms with E-state index in [1.807, 2.05) is 23.6 Å². The summed E-state index contributed by atoms with van der Waals surface area (Å²) in [6.45, 7) is 3.36. The van der Waals surface area contributed by atoms with Gasteiger partial charge < -0.3 is 14.4 Å². The zero-order chi connectivity index (χ0) is 21.8. The minimum absolute atomic E-state index is 0.0441. The van der Waals surface area contributed by atoms with E-state index in [4.69, 9.17) is 9.47 Å². The SMILES string of the molecule is COc1ccc(-n2c(C)nnc2N2CCC(Oc3cccc(C#N)c3C#N)CC2)cn1. The zero-order valence-electron chi connectivity index (χ0n) is 17.3. The monoisotopic (exact) mass is 415 g/mol. The molecule has 0 spiro atoms. The van der Waals surface area contributed by atoms with Gasteiger partial charge in [-0.2, -0.15) is 10.5 Å². The highest BCUT2D eigenvalue weighted by Gasteiger charge is 2.26. The molecule has 4 rings (SSSR count). The lowest BCUT2D eigenvalue weighted by atomic mass is 10.1. The van der Waals surface area contributed by atoms with Crippen LogP contribution in [0.25, 0.3) is 5.69 Å². The van der Waals surface area contributed by atoms with Crippen molar-refractivity contribution in [2.75, 3.05) is 25.1 Å². The molecule has 0 N–H and O–H groups in total. The summed E-state index contributed by atoms with van der Waals surface area (Å²) >= 11 is 0. The molecule has 0 radical (unpaired) electrons. The van der Waals surface area contributed by atoms with Crippen LogP contribution in [0.15, 0.2) is 36.5 Å². The predicted octanol–water partition coefficient (Wildman–Crippen LogP) is 2.77. The lowest BCUT2D eigenvalue weighted by molar-refractivity contribution is 0.170. The molecule has 9 nitrogen and oxygen atoms in total. The molecule has 1 aliphatic heterocycles. The van der Waals surface area contributed by atoms with E-state index in [9.17, 15) is 10.5 Å². The lowest BCUT2D eigenvalue weighted by Gasteiger charge is -2.33. The average Bonchev–Trinajstić information content (AvgIpc) is 3.20. The van der Waals surface area contributed by atoms with Gasteiger partial charge >= 0.3 is 0 Å². The van der Waals surface area contributed by atoms with Gasteiger partial charge in [-0.15, -0.1) is 10.2 Å². The van der Waals surface area contributed by atoms with E-state index < -0.39 is 0 Å². The van der Waals surface area contributed by atoms with Crippen LogP contribution in [0.1, 0.15) is 29.8 Å². The summed E-state index contributed by atoms with van der Waals surface area (Å²) in [6.07, 6.45) is 3.21. The van der Waals surface area contributed by atoms with E-state index in [1.165, 1.54) is 0 Å². The van der Waals surface area contributed by atoms with Gasteiger partial charge in [0.2, 0.25) is 11.8 Å². The summed E-state index contributed by atoms with van der Waals surface area (Å²) in [5.74, 6) is 2.54. The zero-order valence-corrected chi connectivity index (χ0v) is 17.3. The molecule has 156 valence electrons. The molecule has 1 saturated heterocycles. The van der Waals surface area contributed by atoms with Crippen LogP contribution in [-0.2, 0) is 0 Å². The lowest BCUT2D eigenvalue weighted by Crippen LogP contribution is -2.39. The van der Waals surface area contributed by atoms with Crippen LogP contribution in [0.4, 0.5) is 5.95 Å². The van der Waals surface area contributed by atoms with E-state index >= 15 is 0 Å². The molecule has 1 fully saturated rings. The van der Waals surface area contributed by atoms with Crippen LogP contribution < -0.4 is 14.4 Å². The van der Waals surface area contributed by atoms with E-state index in [-0.39, 0.29) is 11.7 Å². The molecule has 0 aliphatic carbocycles. The van der Waals surface area contributed by atoms with Crippen LogP contribution in [0, 0.1) is 29.6 Å². The Bertz CT molecular complexity index is 1150. The molecule has 3 heterocycles. The Balaban J connectivity index is 1.48. The number of anilines is 1. The van der Waals surface area contributed by atoms with Crippen molar-refractivity contribution in [1.82, 2.24) is 19.7 Å². The third kappa shape index (κ3) is 3.99. The number of benzene rings is 1. The second kappa shape index (κ2) is 8.72. The van der Waals surface area contributed by atoms with Gasteiger partial charge in [0.1, 0.15) is 35.4 Å². The van der Waals surface area contributed by atoms with E-state index in [0.29, 0.717) is 17.2 Å². The van der Waals surface area contributed by atoms with Gasteiger partial charge in [-0.25, -0.2) is 4.98 Å². The van der Waals surface area contributed by atoms with E-state index in [0.717, 1.165) is 43.4 Å². The number of nitriles is 2. The van der Waals surface area contributed by atoms with Crippen LogP contribution in [-0.4, -0.2) is 46.1 Å². The maximum absolute atomic E-state index is 9.40. The van der Waals surface area contributed by atoms with Gasteiger partial charge in [-0.05, 0) is 25.1 Å². The van der Waals surface area contributed by atoms with Crippen LogP contribution >= 0.6 is 0 Å². The van der Waals surface area contributed by atoms with Crippen molar-refractivity contribution in [2.45, 2.75) is 25.9 Å². The summed E-state index contributed by atoms with van der Waals surface area (Å²) in [6, 6.07) is 12.9. The molecule has 9 heteroatoms. The largest absolute Gasteiger partial charge is 0.489 e. The number of aromatic nitrogens is 4. The maximum Gasteiger partial charge on any atom is 0.231 e. The molecule has 0 amide bonds. The Hall–Kier alpha value is -4.11. The van der Waals surface area contributed by atoms with Gasteiger partial charge in [0.05, 0.1) is 24.6 Å². The van der Waals surface area contributed by atoms with Gasteiger partial charge in [-0.1, -0.05) is 6.07 Å². The third-order valence-electron chi connectivity index (χ3n) is 5.27. The quantitative estimate of drug-likeness (QED) is 0.625. The van der Waals surface area contributed by atoms with Gasteiger partial charge in [0.15, 0.2) is 0 Å². The average molecular weight is 415 g/mol. The summed E-state index contributed by atoms with van der Waals surface area (Å²) in [7, 11) is 1.58. The van der Waals surface area contributed by atoms with Gasteiger partial charge in [0, 0.05) is 32.0 Å². The van der Waals surface area contributed by atoms with Crippen molar-refractivity contribution in [1.29, 1.82) is 10.5 Å². The molecule has 0 bridgehead atoms. The Morgan fingerprint density at radius 2 is 1.87 bits per heavy atom. The summed E-state index contributed by atoms with van der Waals surface area (Å²) in [5, 5.41) is 27.2. The van der Waals surface area contributed by atoms with E-state index in [1.54, 1.807) is 37.6 Å². The standard InChI is InChI=1S/C22H21N7O2/c1-15-26-27-22(29(15)17-6-7-21(30-2)25-14-17)28-10-8-18(9-11-28)31-20-5-3-4-16(12-23)19(20)13-24/h3-7,14,18H,8-11H2,1-2H3. The first-order valence-electron chi connectivity index (χ1n) is 9.92. The highest BCUT2D eigenvalue weighted by molar-refractivity contribution is 5.54. The van der Waals surface area contributed by atoms with Gasteiger partial charge in [-0.3, -0.25) is 4.57 Å². The molecule has 2 aromatic heterocycles. The molecule has 0 atom stereocenters. The first-order chi connectivity index (χ1) is 15.1. The first-order valence-corrected chi connectivity index (χ1v) is 9.92. The highest BCUT2D eigenvalue weighted by Crippen LogP contribution is 2.28. The fourth-order valence-electron chi connectivity index (χ4n) is 3.67. The fourth-order valence-corrected chi connectivity index (χ4v) is 3.67. The fraction of sp³-hybridized carbons (Fsp3) is 0.318. The normalized spacial score (nSPS) is 14.0. The predicted molar refractivity (Wildman–Crippen MR) is 112 cm³/mol. The Morgan fingerprint density at radius 3 is 2.52 bits per heavy atom.